The van der Waals surface area contributed by atoms with E-state index >= 15 is 0 Å². The van der Waals surface area contributed by atoms with E-state index in [1.807, 2.05) is 35.4 Å². The SMILES string of the molecule is Cc1ccc(S(=O)(=O)N2CCC(c3nc(C(=O)N4CCN(C/C=C\c5ccccc5)CC4)cs3)CC2)cc1Cl. The molecule has 39 heavy (non-hydrogen) atoms. The number of nitrogens with zero attached hydrogens (tertiary/aromatic N) is 4. The summed E-state index contributed by atoms with van der Waals surface area (Å²) in [7, 11) is -3.59. The number of piperazine rings is 1. The van der Waals surface area contributed by atoms with Crippen LogP contribution in [-0.2, 0) is 10.0 Å². The Morgan fingerprint density at radius 2 is 1.77 bits per heavy atom. The molecular weight excluding hydrogens is 552 g/mol. The number of amides is 1. The lowest BCUT2D eigenvalue weighted by molar-refractivity contribution is 0.0645. The summed E-state index contributed by atoms with van der Waals surface area (Å²) in [6.45, 7) is 6.59. The maximum atomic E-state index is 13.1. The highest BCUT2D eigenvalue weighted by atomic mass is 35.5. The maximum Gasteiger partial charge on any atom is 0.273 e. The van der Waals surface area contributed by atoms with Crippen LogP contribution in [0.25, 0.3) is 6.08 Å². The third kappa shape index (κ3) is 6.61. The van der Waals surface area contributed by atoms with Gasteiger partial charge in [0.1, 0.15) is 5.69 Å². The summed E-state index contributed by atoms with van der Waals surface area (Å²) in [5, 5.41) is 3.22. The molecule has 3 aromatic rings. The number of hydrogen-bond donors (Lipinski definition) is 0. The van der Waals surface area contributed by atoms with Crippen LogP contribution < -0.4 is 0 Å². The van der Waals surface area contributed by atoms with Crippen molar-refractivity contribution in [1.29, 1.82) is 0 Å². The van der Waals surface area contributed by atoms with Crippen LogP contribution in [0.15, 0.2) is 64.9 Å². The van der Waals surface area contributed by atoms with Gasteiger partial charge in [0.25, 0.3) is 5.91 Å². The van der Waals surface area contributed by atoms with Crippen LogP contribution >= 0.6 is 22.9 Å². The van der Waals surface area contributed by atoms with Gasteiger partial charge in [0.2, 0.25) is 10.0 Å². The number of halogens is 1. The summed E-state index contributed by atoms with van der Waals surface area (Å²) in [4.78, 5) is 22.3. The molecular formula is C29H33ClN4O3S2. The Labute approximate surface area is 239 Å². The number of aryl methyl sites for hydroxylation is 1. The van der Waals surface area contributed by atoms with E-state index in [-0.39, 0.29) is 16.7 Å². The largest absolute Gasteiger partial charge is 0.335 e. The fraction of sp³-hybridized carbons (Fsp3) is 0.379. The average Bonchev–Trinajstić information content (AvgIpc) is 3.46. The van der Waals surface area contributed by atoms with Gasteiger partial charge in [-0.1, -0.05) is 60.2 Å². The number of thiazole rings is 1. The van der Waals surface area contributed by atoms with Gasteiger partial charge < -0.3 is 4.90 Å². The minimum Gasteiger partial charge on any atom is -0.335 e. The molecule has 1 aromatic heterocycles. The molecule has 0 unspecified atom stereocenters. The van der Waals surface area contributed by atoms with E-state index in [2.05, 4.69) is 29.2 Å². The van der Waals surface area contributed by atoms with Crippen molar-refractivity contribution in [3.63, 3.8) is 0 Å². The number of carbonyl (C=O) groups is 1. The smallest absolute Gasteiger partial charge is 0.273 e. The molecule has 0 atom stereocenters. The molecule has 1 amide bonds. The zero-order valence-corrected chi connectivity index (χ0v) is 24.4. The molecule has 0 spiro atoms. The minimum absolute atomic E-state index is 0.0201. The third-order valence-corrected chi connectivity index (χ3v) is 10.8. The molecule has 0 aliphatic carbocycles. The summed E-state index contributed by atoms with van der Waals surface area (Å²) >= 11 is 7.67. The molecule has 0 saturated carbocycles. The first-order valence-corrected chi connectivity index (χ1v) is 16.0. The predicted molar refractivity (Wildman–Crippen MR) is 157 cm³/mol. The van der Waals surface area contributed by atoms with Gasteiger partial charge in [-0.3, -0.25) is 9.69 Å². The van der Waals surface area contributed by atoms with E-state index in [9.17, 15) is 13.2 Å². The number of piperidine rings is 1. The number of aromatic nitrogens is 1. The van der Waals surface area contributed by atoms with Crippen LogP contribution in [0.1, 0.15) is 45.4 Å². The second kappa shape index (κ2) is 12.3. The lowest BCUT2D eigenvalue weighted by Gasteiger charge is -2.33. The van der Waals surface area contributed by atoms with Crippen molar-refractivity contribution in [2.24, 2.45) is 0 Å². The monoisotopic (exact) mass is 584 g/mol. The molecule has 206 valence electrons. The molecule has 2 aliphatic rings. The van der Waals surface area contributed by atoms with Crippen LogP contribution in [0.5, 0.6) is 0 Å². The zero-order chi connectivity index (χ0) is 27.4. The van der Waals surface area contributed by atoms with E-state index in [1.165, 1.54) is 27.3 Å². The van der Waals surface area contributed by atoms with Gasteiger partial charge >= 0.3 is 0 Å². The summed E-state index contributed by atoms with van der Waals surface area (Å²) in [6.07, 6.45) is 5.66. The minimum atomic E-state index is -3.59. The van der Waals surface area contributed by atoms with Crippen molar-refractivity contribution in [1.82, 2.24) is 19.1 Å². The van der Waals surface area contributed by atoms with Gasteiger partial charge in [-0.15, -0.1) is 11.3 Å². The Balaban J connectivity index is 1.11. The molecule has 10 heteroatoms. The second-order valence-electron chi connectivity index (χ2n) is 10.1. The Bertz CT molecular complexity index is 1430. The molecule has 2 fully saturated rings. The van der Waals surface area contributed by atoms with E-state index < -0.39 is 10.0 Å². The normalized spacial score (nSPS) is 18.2. The Kier molecular flexibility index (Phi) is 8.83. The molecule has 3 heterocycles. The molecule has 2 aliphatic heterocycles. The summed E-state index contributed by atoms with van der Waals surface area (Å²) in [5.41, 5.74) is 2.53. The second-order valence-corrected chi connectivity index (χ2v) is 13.3. The standard InChI is InChI=1S/C29H33ClN4O3S2/c1-22-9-10-25(20-26(22)30)39(36,37)34-14-11-24(12-15-34)28-31-27(21-38-28)29(35)33-18-16-32(17-19-33)13-5-8-23-6-3-2-4-7-23/h2-10,20-21,24H,11-19H2,1H3/b8-5-. The molecule has 0 bridgehead atoms. The molecule has 0 radical (unpaired) electrons. The maximum absolute atomic E-state index is 13.1. The summed E-state index contributed by atoms with van der Waals surface area (Å²) in [6, 6.07) is 15.1. The van der Waals surface area contributed by atoms with Crippen LogP contribution in [0, 0.1) is 6.92 Å². The van der Waals surface area contributed by atoms with E-state index in [4.69, 9.17) is 16.6 Å². The topological polar surface area (TPSA) is 73.8 Å². The van der Waals surface area contributed by atoms with Crippen molar-refractivity contribution in [3.8, 4) is 0 Å². The van der Waals surface area contributed by atoms with Gasteiger partial charge in [0.15, 0.2) is 0 Å². The lowest BCUT2D eigenvalue weighted by Crippen LogP contribution is -2.48. The number of benzene rings is 2. The van der Waals surface area contributed by atoms with Crippen molar-refractivity contribution < 1.29 is 13.2 Å². The Hall–Kier alpha value is -2.56. The van der Waals surface area contributed by atoms with Gasteiger partial charge in [0.05, 0.1) is 9.90 Å². The number of sulfonamides is 1. The van der Waals surface area contributed by atoms with Crippen LogP contribution in [0.4, 0.5) is 0 Å². The highest BCUT2D eigenvalue weighted by Crippen LogP contribution is 2.33. The first-order valence-electron chi connectivity index (χ1n) is 13.3. The van der Waals surface area contributed by atoms with Crippen molar-refractivity contribution in [2.75, 3.05) is 45.8 Å². The van der Waals surface area contributed by atoms with Crippen molar-refractivity contribution >= 4 is 44.9 Å². The quantitative estimate of drug-likeness (QED) is 0.384. The number of carbonyl (C=O) groups excluding carboxylic acids is 1. The van der Waals surface area contributed by atoms with Crippen LogP contribution in [-0.4, -0.2) is 79.2 Å². The highest BCUT2D eigenvalue weighted by Gasteiger charge is 2.32. The fourth-order valence-corrected chi connectivity index (χ4v) is 7.70. The molecule has 0 N–H and O–H groups in total. The molecule has 2 saturated heterocycles. The third-order valence-electron chi connectivity index (χ3n) is 7.46. The highest BCUT2D eigenvalue weighted by molar-refractivity contribution is 7.89. The first kappa shape index (κ1) is 28.0. The van der Waals surface area contributed by atoms with Crippen molar-refractivity contribution in [2.45, 2.75) is 30.6 Å². The fourth-order valence-electron chi connectivity index (χ4n) is 5.00. The van der Waals surface area contributed by atoms with E-state index in [0.717, 1.165) is 30.2 Å². The van der Waals surface area contributed by atoms with Gasteiger partial charge in [0, 0.05) is 62.1 Å². The molecule has 5 rings (SSSR count). The van der Waals surface area contributed by atoms with E-state index in [0.29, 0.717) is 49.7 Å². The first-order chi connectivity index (χ1) is 18.8. The lowest BCUT2D eigenvalue weighted by atomic mass is 9.99. The molecule has 7 nitrogen and oxygen atoms in total. The number of hydrogen-bond acceptors (Lipinski definition) is 6. The Morgan fingerprint density at radius 3 is 2.46 bits per heavy atom. The summed E-state index contributed by atoms with van der Waals surface area (Å²) < 4.78 is 27.7. The average molecular weight is 585 g/mol. The predicted octanol–water partition coefficient (Wildman–Crippen LogP) is 5.14. The van der Waals surface area contributed by atoms with Crippen LogP contribution in [0.2, 0.25) is 5.02 Å². The summed E-state index contributed by atoms with van der Waals surface area (Å²) in [5.74, 6) is 0.131. The van der Waals surface area contributed by atoms with Gasteiger partial charge in [-0.25, -0.2) is 13.4 Å². The van der Waals surface area contributed by atoms with Gasteiger partial charge in [-0.05, 0) is 43.0 Å². The van der Waals surface area contributed by atoms with Crippen LogP contribution in [0.3, 0.4) is 0 Å². The van der Waals surface area contributed by atoms with Gasteiger partial charge in [-0.2, -0.15) is 4.31 Å². The zero-order valence-electron chi connectivity index (χ0n) is 22.0. The molecule has 2 aromatic carbocycles. The van der Waals surface area contributed by atoms with Crippen molar-refractivity contribution in [3.05, 3.63) is 86.8 Å². The number of rotatable bonds is 7. The Morgan fingerprint density at radius 1 is 1.05 bits per heavy atom. The van der Waals surface area contributed by atoms with E-state index in [1.54, 1.807) is 12.1 Å².